The largest absolute Gasteiger partial charge is 0.462 e. The van der Waals surface area contributed by atoms with Gasteiger partial charge in [0.2, 0.25) is 0 Å². The van der Waals surface area contributed by atoms with Crippen molar-refractivity contribution >= 4 is 22.1 Å². The van der Waals surface area contributed by atoms with Gasteiger partial charge in [0.1, 0.15) is 12.2 Å². The molecule has 28 heavy (non-hydrogen) atoms. The smallest absolute Gasteiger partial charge is 0.327 e. The number of ether oxygens (including phenoxy) is 2. The van der Waals surface area contributed by atoms with E-state index in [0.29, 0.717) is 25.7 Å². The normalized spacial score (nSPS) is 14.9. The third-order valence-corrected chi connectivity index (χ3v) is 5.80. The van der Waals surface area contributed by atoms with E-state index in [9.17, 15) is 22.6 Å². The zero-order chi connectivity index (χ0) is 21.6. The van der Waals surface area contributed by atoms with Crippen LogP contribution < -0.4 is 0 Å². The fourth-order valence-corrected chi connectivity index (χ4v) is 3.52. The van der Waals surface area contributed by atoms with E-state index >= 15 is 0 Å². The number of hydrogen-bond acceptors (Lipinski definition) is 6. The Morgan fingerprint density at radius 1 is 0.821 bits per heavy atom. The van der Waals surface area contributed by atoms with Gasteiger partial charge in [0.25, 0.3) is 10.1 Å². The quantitative estimate of drug-likeness (QED) is 0.223. The first kappa shape index (κ1) is 26.9. The Morgan fingerprint density at radius 2 is 1.29 bits per heavy atom. The molecule has 0 aliphatic heterocycles. The summed E-state index contributed by atoms with van der Waals surface area (Å²) in [5.74, 6) is -1.91. The topological polar surface area (TPSA) is 107 Å². The lowest BCUT2D eigenvalue weighted by molar-refractivity contribution is -0.156. The SMILES string of the molecule is CCCCCC(CC)OC(=O)CC(C(=O)OC(CC)CCCCC)S(=O)(=O)O. The van der Waals surface area contributed by atoms with Crippen molar-refractivity contribution < 1.29 is 32.0 Å². The van der Waals surface area contributed by atoms with Crippen LogP contribution in [0.2, 0.25) is 0 Å². The minimum absolute atomic E-state index is 0.324. The maximum Gasteiger partial charge on any atom is 0.327 e. The van der Waals surface area contributed by atoms with Crippen LogP contribution in [0.5, 0.6) is 0 Å². The average Bonchev–Trinajstić information content (AvgIpc) is 2.63. The molecule has 0 aliphatic rings. The Morgan fingerprint density at radius 3 is 1.68 bits per heavy atom. The van der Waals surface area contributed by atoms with Crippen LogP contribution in [0.3, 0.4) is 0 Å². The van der Waals surface area contributed by atoms with Gasteiger partial charge in [-0.1, -0.05) is 53.4 Å². The summed E-state index contributed by atoms with van der Waals surface area (Å²) in [7, 11) is -4.78. The molecule has 0 aromatic heterocycles. The fraction of sp³-hybridized carbons (Fsp3) is 0.900. The lowest BCUT2D eigenvalue weighted by Crippen LogP contribution is -2.37. The van der Waals surface area contributed by atoms with Crippen LogP contribution in [-0.2, 0) is 29.2 Å². The average molecular weight is 423 g/mol. The van der Waals surface area contributed by atoms with E-state index in [4.69, 9.17) is 9.47 Å². The van der Waals surface area contributed by atoms with Crippen molar-refractivity contribution in [3.8, 4) is 0 Å². The summed E-state index contributed by atoms with van der Waals surface area (Å²) >= 11 is 0. The van der Waals surface area contributed by atoms with E-state index in [1.807, 2.05) is 13.8 Å². The Kier molecular flexibility index (Phi) is 14.2. The number of hydrogen-bond donors (Lipinski definition) is 1. The van der Waals surface area contributed by atoms with Gasteiger partial charge < -0.3 is 9.47 Å². The molecule has 0 fully saturated rings. The minimum Gasteiger partial charge on any atom is -0.462 e. The molecular formula is C20H38O7S. The van der Waals surface area contributed by atoms with E-state index in [2.05, 4.69) is 13.8 Å². The van der Waals surface area contributed by atoms with Gasteiger partial charge in [0, 0.05) is 0 Å². The second-order valence-corrected chi connectivity index (χ2v) is 8.79. The molecular weight excluding hydrogens is 384 g/mol. The van der Waals surface area contributed by atoms with Crippen molar-refractivity contribution in [1.82, 2.24) is 0 Å². The molecule has 0 saturated carbocycles. The first-order chi connectivity index (χ1) is 13.2. The molecule has 7 nitrogen and oxygen atoms in total. The van der Waals surface area contributed by atoms with E-state index in [0.717, 1.165) is 38.5 Å². The molecule has 0 saturated heterocycles. The monoisotopic (exact) mass is 422 g/mol. The molecule has 0 radical (unpaired) electrons. The Labute approximate surface area is 170 Å². The highest BCUT2D eigenvalue weighted by Gasteiger charge is 2.37. The summed E-state index contributed by atoms with van der Waals surface area (Å²) in [6, 6.07) is 0. The summed E-state index contributed by atoms with van der Waals surface area (Å²) in [4.78, 5) is 24.5. The summed E-state index contributed by atoms with van der Waals surface area (Å²) in [5, 5.41) is -1.95. The van der Waals surface area contributed by atoms with Crippen LogP contribution in [0, 0.1) is 0 Å². The standard InChI is InChI=1S/C20H38O7S/c1-5-9-11-13-16(7-3)26-19(21)15-18(28(23,24)25)20(22)27-17(8-4)14-12-10-6-2/h16-18H,5-15H2,1-4H3,(H,23,24,25). The molecule has 8 heteroatoms. The van der Waals surface area contributed by atoms with Gasteiger partial charge >= 0.3 is 11.9 Å². The zero-order valence-corrected chi connectivity index (χ0v) is 18.6. The highest BCUT2D eigenvalue weighted by Crippen LogP contribution is 2.17. The van der Waals surface area contributed by atoms with Gasteiger partial charge in [-0.25, -0.2) is 0 Å². The molecule has 0 rings (SSSR count). The number of carbonyl (C=O) groups excluding carboxylic acids is 2. The molecule has 0 aromatic rings. The highest BCUT2D eigenvalue weighted by atomic mass is 32.2. The summed E-state index contributed by atoms with van der Waals surface area (Å²) < 4.78 is 43.3. The second kappa shape index (κ2) is 14.8. The molecule has 0 amide bonds. The second-order valence-electron chi connectivity index (χ2n) is 7.19. The van der Waals surface area contributed by atoms with Gasteiger partial charge in [-0.3, -0.25) is 14.1 Å². The van der Waals surface area contributed by atoms with E-state index in [1.54, 1.807) is 0 Å². The third kappa shape index (κ3) is 11.6. The van der Waals surface area contributed by atoms with E-state index < -0.39 is 39.8 Å². The fourth-order valence-electron chi connectivity index (χ4n) is 2.87. The highest BCUT2D eigenvalue weighted by molar-refractivity contribution is 7.87. The molecule has 0 aromatic carbocycles. The predicted octanol–water partition coefficient (Wildman–Crippen LogP) is 4.44. The van der Waals surface area contributed by atoms with Crippen LogP contribution in [0.4, 0.5) is 0 Å². The first-order valence-corrected chi connectivity index (χ1v) is 12.1. The third-order valence-electron chi connectivity index (χ3n) is 4.73. The zero-order valence-electron chi connectivity index (χ0n) is 17.8. The summed E-state index contributed by atoms with van der Waals surface area (Å²) in [6.07, 6.45) is 6.76. The van der Waals surface area contributed by atoms with Crippen LogP contribution in [-0.4, -0.2) is 42.4 Å². The molecule has 1 N–H and O–H groups in total. The van der Waals surface area contributed by atoms with Crippen molar-refractivity contribution in [2.45, 2.75) is 116 Å². The van der Waals surface area contributed by atoms with Gasteiger partial charge in [-0.15, -0.1) is 0 Å². The van der Waals surface area contributed by atoms with Crippen molar-refractivity contribution in [1.29, 1.82) is 0 Å². The molecule has 166 valence electrons. The van der Waals surface area contributed by atoms with E-state index in [1.165, 1.54) is 0 Å². The van der Waals surface area contributed by atoms with Crippen LogP contribution >= 0.6 is 0 Å². The molecule has 0 bridgehead atoms. The Bertz CT molecular complexity index is 545. The molecule has 0 spiro atoms. The number of rotatable bonds is 16. The van der Waals surface area contributed by atoms with Crippen LogP contribution in [0.15, 0.2) is 0 Å². The predicted molar refractivity (Wildman–Crippen MR) is 109 cm³/mol. The molecule has 0 aliphatic carbocycles. The molecule has 3 atom stereocenters. The lowest BCUT2D eigenvalue weighted by Gasteiger charge is -2.21. The van der Waals surface area contributed by atoms with Gasteiger partial charge in [0.15, 0.2) is 5.25 Å². The lowest BCUT2D eigenvalue weighted by atomic mass is 10.1. The van der Waals surface area contributed by atoms with Gasteiger partial charge in [-0.05, 0) is 38.5 Å². The first-order valence-electron chi connectivity index (χ1n) is 10.6. The molecule has 0 heterocycles. The maximum absolute atomic E-state index is 12.3. The maximum atomic E-state index is 12.3. The minimum atomic E-state index is -4.78. The van der Waals surface area contributed by atoms with Crippen LogP contribution in [0.1, 0.15) is 98.3 Å². The van der Waals surface area contributed by atoms with Crippen LogP contribution in [0.25, 0.3) is 0 Å². The van der Waals surface area contributed by atoms with Crippen molar-refractivity contribution in [2.24, 2.45) is 0 Å². The van der Waals surface area contributed by atoms with Gasteiger partial charge in [-0.2, -0.15) is 8.42 Å². The number of carbonyl (C=O) groups is 2. The number of esters is 2. The summed E-state index contributed by atoms with van der Waals surface area (Å²) in [6.45, 7) is 7.84. The van der Waals surface area contributed by atoms with Crippen molar-refractivity contribution in [2.75, 3.05) is 0 Å². The Hall–Kier alpha value is -1.15. The van der Waals surface area contributed by atoms with Crippen molar-refractivity contribution in [3.63, 3.8) is 0 Å². The van der Waals surface area contributed by atoms with Crippen molar-refractivity contribution in [3.05, 3.63) is 0 Å². The Balaban J connectivity index is 4.88. The number of unbranched alkanes of at least 4 members (excludes halogenated alkanes) is 4. The summed E-state index contributed by atoms with van der Waals surface area (Å²) in [5.41, 5.74) is 0. The van der Waals surface area contributed by atoms with E-state index in [-0.39, 0.29) is 6.10 Å². The van der Waals surface area contributed by atoms with Gasteiger partial charge in [0.05, 0.1) is 6.42 Å². The molecule has 3 unspecified atom stereocenters.